The molecule has 3 aromatic rings. The molecule has 110 valence electrons. The van der Waals surface area contributed by atoms with Gasteiger partial charge in [-0.2, -0.15) is 9.61 Å². The normalized spacial score (nSPS) is 19.1. The van der Waals surface area contributed by atoms with Crippen molar-refractivity contribution in [3.63, 3.8) is 0 Å². The van der Waals surface area contributed by atoms with E-state index in [2.05, 4.69) is 46.3 Å². The fraction of sp³-hybridized carbons (Fsp3) is 0.538. The summed E-state index contributed by atoms with van der Waals surface area (Å²) in [5.74, 6) is 0.899. The van der Waals surface area contributed by atoms with E-state index in [0.29, 0.717) is 0 Å². The third kappa shape index (κ3) is 2.06. The van der Waals surface area contributed by atoms with Gasteiger partial charge in [0.1, 0.15) is 5.01 Å². The number of imidazole rings is 1. The van der Waals surface area contributed by atoms with E-state index >= 15 is 0 Å². The summed E-state index contributed by atoms with van der Waals surface area (Å²) in [5, 5.41) is 17.8. The molecule has 7 nitrogen and oxygen atoms in total. The summed E-state index contributed by atoms with van der Waals surface area (Å²) in [6, 6.07) is 0.195. The van der Waals surface area contributed by atoms with Crippen LogP contribution in [-0.2, 0) is 18.4 Å². The Hall–Kier alpha value is -1.80. The fourth-order valence-electron chi connectivity index (χ4n) is 2.58. The molecule has 2 N–H and O–H groups in total. The quantitative estimate of drug-likeness (QED) is 0.713. The van der Waals surface area contributed by atoms with E-state index in [9.17, 15) is 0 Å². The highest BCUT2D eigenvalue weighted by Crippen LogP contribution is 2.29. The van der Waals surface area contributed by atoms with Crippen LogP contribution < -0.4 is 5.32 Å². The van der Waals surface area contributed by atoms with Crippen molar-refractivity contribution in [2.45, 2.75) is 45.2 Å². The first kappa shape index (κ1) is 12.9. The van der Waals surface area contributed by atoms with E-state index in [0.717, 1.165) is 34.5 Å². The second-order valence-electron chi connectivity index (χ2n) is 6.37. The maximum Gasteiger partial charge on any atom is 0.234 e. The zero-order valence-electron chi connectivity index (χ0n) is 12.2. The summed E-state index contributed by atoms with van der Waals surface area (Å²) in [4.78, 5) is 8.39. The van der Waals surface area contributed by atoms with Crippen molar-refractivity contribution in [3.8, 4) is 0 Å². The first-order valence-corrected chi connectivity index (χ1v) is 7.81. The Morgan fingerprint density at radius 3 is 3.00 bits per heavy atom. The van der Waals surface area contributed by atoms with E-state index in [4.69, 9.17) is 5.10 Å². The molecular weight excluding hydrogens is 286 g/mol. The Bertz CT molecular complexity index is 791. The molecule has 0 aliphatic carbocycles. The van der Waals surface area contributed by atoms with Gasteiger partial charge < -0.3 is 10.3 Å². The van der Waals surface area contributed by atoms with Crippen molar-refractivity contribution in [3.05, 3.63) is 28.5 Å². The number of nitrogens with zero attached hydrogens (tertiary/aromatic N) is 5. The van der Waals surface area contributed by atoms with Crippen molar-refractivity contribution in [1.29, 1.82) is 0 Å². The summed E-state index contributed by atoms with van der Waals surface area (Å²) in [5.41, 5.74) is 2.23. The second-order valence-corrected chi connectivity index (χ2v) is 7.36. The van der Waals surface area contributed by atoms with Gasteiger partial charge in [0, 0.05) is 18.4 Å². The average Bonchev–Trinajstić information content (AvgIpc) is 3.10. The van der Waals surface area contributed by atoms with E-state index < -0.39 is 0 Å². The SMILES string of the molecule is CC(C)(C)c1nnc2sc(C3Cc4nc[nH]c4CN3)nn12. The smallest absolute Gasteiger partial charge is 0.234 e. The molecule has 0 amide bonds. The number of fused-ring (bicyclic) bond motifs is 2. The Kier molecular flexibility index (Phi) is 2.67. The van der Waals surface area contributed by atoms with Gasteiger partial charge in [-0.05, 0) is 0 Å². The molecule has 0 saturated heterocycles. The number of H-pyrrole nitrogens is 1. The molecule has 1 aliphatic heterocycles. The zero-order valence-corrected chi connectivity index (χ0v) is 13.0. The predicted molar refractivity (Wildman–Crippen MR) is 79.2 cm³/mol. The number of aromatic nitrogens is 6. The second kappa shape index (κ2) is 4.35. The molecule has 0 fully saturated rings. The van der Waals surface area contributed by atoms with Crippen LogP contribution in [0.4, 0.5) is 0 Å². The predicted octanol–water partition coefficient (Wildman–Crippen LogP) is 1.59. The van der Waals surface area contributed by atoms with Gasteiger partial charge in [-0.3, -0.25) is 0 Å². The molecule has 3 aromatic heterocycles. The molecule has 0 radical (unpaired) electrons. The van der Waals surface area contributed by atoms with Gasteiger partial charge >= 0.3 is 0 Å². The first-order valence-electron chi connectivity index (χ1n) is 6.99. The van der Waals surface area contributed by atoms with Crippen LogP contribution in [0, 0.1) is 0 Å². The average molecular weight is 303 g/mol. The molecule has 8 heteroatoms. The van der Waals surface area contributed by atoms with E-state index in [1.807, 2.05) is 4.52 Å². The van der Waals surface area contributed by atoms with Crippen LogP contribution in [-0.4, -0.2) is 29.8 Å². The molecule has 1 aliphatic rings. The molecule has 0 aromatic carbocycles. The monoisotopic (exact) mass is 303 g/mol. The van der Waals surface area contributed by atoms with E-state index in [1.54, 1.807) is 17.7 Å². The van der Waals surface area contributed by atoms with Gasteiger partial charge in [-0.1, -0.05) is 32.1 Å². The van der Waals surface area contributed by atoms with Gasteiger partial charge in [0.2, 0.25) is 4.96 Å². The third-order valence-corrected chi connectivity index (χ3v) is 4.72. The summed E-state index contributed by atoms with van der Waals surface area (Å²) in [6.45, 7) is 7.16. The third-order valence-electron chi connectivity index (χ3n) is 3.71. The lowest BCUT2D eigenvalue weighted by Gasteiger charge is -2.20. The zero-order chi connectivity index (χ0) is 14.6. The van der Waals surface area contributed by atoms with Crippen LogP contribution in [0.3, 0.4) is 0 Å². The topological polar surface area (TPSA) is 83.8 Å². The standard InChI is InChI=1S/C13H17N7S/c1-13(2,3)11-17-18-12-20(11)19-10(21-12)8-4-7-9(5-14-8)16-6-15-7/h6,8,14H,4-5H2,1-3H3,(H,15,16). The Balaban J connectivity index is 1.71. The van der Waals surface area contributed by atoms with Gasteiger partial charge in [-0.25, -0.2) is 4.98 Å². The minimum absolute atomic E-state index is 0.0693. The van der Waals surface area contributed by atoms with Gasteiger partial charge in [0.05, 0.1) is 23.8 Å². The summed E-state index contributed by atoms with van der Waals surface area (Å²) in [6.07, 6.45) is 2.61. The summed E-state index contributed by atoms with van der Waals surface area (Å²) in [7, 11) is 0. The largest absolute Gasteiger partial charge is 0.347 e. The molecule has 1 atom stereocenters. The highest BCUT2D eigenvalue weighted by molar-refractivity contribution is 7.16. The minimum Gasteiger partial charge on any atom is -0.347 e. The Labute approximate surface area is 125 Å². The Morgan fingerprint density at radius 1 is 1.33 bits per heavy atom. The highest BCUT2D eigenvalue weighted by Gasteiger charge is 2.27. The van der Waals surface area contributed by atoms with Gasteiger partial charge in [0.25, 0.3) is 0 Å². The number of hydrogen-bond acceptors (Lipinski definition) is 6. The molecular formula is C13H17N7S. The van der Waals surface area contributed by atoms with E-state index in [-0.39, 0.29) is 11.5 Å². The Morgan fingerprint density at radius 2 is 2.19 bits per heavy atom. The van der Waals surface area contributed by atoms with Crippen LogP contribution in [0.1, 0.15) is 49.0 Å². The van der Waals surface area contributed by atoms with Gasteiger partial charge in [0.15, 0.2) is 5.82 Å². The molecule has 21 heavy (non-hydrogen) atoms. The molecule has 4 rings (SSSR count). The number of nitrogens with one attached hydrogen (secondary N) is 2. The fourth-order valence-corrected chi connectivity index (χ4v) is 3.50. The maximum atomic E-state index is 4.73. The molecule has 0 saturated carbocycles. The summed E-state index contributed by atoms with van der Waals surface area (Å²) < 4.78 is 1.88. The number of rotatable bonds is 1. The van der Waals surface area contributed by atoms with Gasteiger partial charge in [-0.15, -0.1) is 10.2 Å². The molecule has 0 bridgehead atoms. The van der Waals surface area contributed by atoms with Crippen LogP contribution in [0.2, 0.25) is 0 Å². The van der Waals surface area contributed by atoms with Crippen LogP contribution in [0.15, 0.2) is 6.33 Å². The molecule has 1 unspecified atom stereocenters. The lowest BCUT2D eigenvalue weighted by molar-refractivity contribution is 0.477. The van der Waals surface area contributed by atoms with E-state index in [1.165, 1.54) is 5.69 Å². The van der Waals surface area contributed by atoms with Crippen molar-refractivity contribution >= 4 is 16.3 Å². The minimum atomic E-state index is -0.0693. The maximum absolute atomic E-state index is 4.73. The van der Waals surface area contributed by atoms with Crippen LogP contribution in [0.25, 0.3) is 4.96 Å². The van der Waals surface area contributed by atoms with Crippen LogP contribution >= 0.6 is 11.3 Å². The summed E-state index contributed by atoms with van der Waals surface area (Å²) >= 11 is 1.60. The number of hydrogen-bond donors (Lipinski definition) is 2. The van der Waals surface area contributed by atoms with Crippen LogP contribution in [0.5, 0.6) is 0 Å². The van der Waals surface area contributed by atoms with Crippen molar-refractivity contribution < 1.29 is 0 Å². The highest BCUT2D eigenvalue weighted by atomic mass is 32.1. The lowest BCUT2D eigenvalue weighted by Crippen LogP contribution is -2.28. The molecule has 0 spiro atoms. The molecule has 4 heterocycles. The number of aromatic amines is 1. The van der Waals surface area contributed by atoms with Crippen molar-refractivity contribution in [2.24, 2.45) is 0 Å². The lowest BCUT2D eigenvalue weighted by atomic mass is 9.96. The van der Waals surface area contributed by atoms with Crippen molar-refractivity contribution in [1.82, 2.24) is 35.1 Å². The first-order chi connectivity index (χ1) is 10.0. The van der Waals surface area contributed by atoms with Crippen molar-refractivity contribution in [2.75, 3.05) is 0 Å².